The molecule has 1 amide bonds. The number of carbonyl (C=O) groups excluding carboxylic acids is 1. The molecule has 1 fully saturated rings. The maximum atomic E-state index is 13.6. The molecule has 3 aromatic rings. The van der Waals surface area contributed by atoms with Gasteiger partial charge in [-0.2, -0.15) is 0 Å². The van der Waals surface area contributed by atoms with E-state index in [9.17, 15) is 9.59 Å². The van der Waals surface area contributed by atoms with Crippen molar-refractivity contribution in [3.8, 4) is 0 Å². The summed E-state index contributed by atoms with van der Waals surface area (Å²) in [6, 6.07) is 3.62. The van der Waals surface area contributed by atoms with Crippen LogP contribution >= 0.6 is 0 Å². The van der Waals surface area contributed by atoms with Crippen LogP contribution in [0.5, 0.6) is 0 Å². The second kappa shape index (κ2) is 8.47. The van der Waals surface area contributed by atoms with Crippen molar-refractivity contribution in [1.29, 1.82) is 0 Å². The molecule has 1 atom stereocenters. The molecule has 1 aliphatic rings. The Bertz CT molecular complexity index is 1070. The standard InChI is InChI=1S/C22H27N3O5/c1-14(2)10-25-13-23-20-19(22(25)27)18(15(3)30-20)21(26)24(11-16-6-4-8-28-16)12-17-7-5-9-29-17/h4,6,8,13-14,17H,5,7,9-12H2,1-3H3/t17-/m0/s1. The van der Waals surface area contributed by atoms with E-state index < -0.39 is 0 Å². The highest BCUT2D eigenvalue weighted by atomic mass is 16.5. The molecule has 8 nitrogen and oxygen atoms in total. The van der Waals surface area contributed by atoms with E-state index in [0.717, 1.165) is 12.8 Å². The highest BCUT2D eigenvalue weighted by molar-refractivity contribution is 6.06. The summed E-state index contributed by atoms with van der Waals surface area (Å²) in [5.41, 5.74) is 0.199. The third kappa shape index (κ3) is 4.05. The van der Waals surface area contributed by atoms with E-state index >= 15 is 0 Å². The van der Waals surface area contributed by atoms with Crippen LogP contribution in [-0.4, -0.2) is 39.6 Å². The van der Waals surface area contributed by atoms with Crippen LogP contribution in [0.4, 0.5) is 0 Å². The number of hydrogen-bond donors (Lipinski definition) is 0. The molecule has 0 aliphatic carbocycles. The Hall–Kier alpha value is -2.87. The number of aromatic nitrogens is 2. The highest BCUT2D eigenvalue weighted by Crippen LogP contribution is 2.25. The third-order valence-corrected chi connectivity index (χ3v) is 5.29. The number of carbonyl (C=O) groups is 1. The molecule has 3 aromatic heterocycles. The van der Waals surface area contributed by atoms with Crippen molar-refractivity contribution >= 4 is 17.0 Å². The molecule has 0 aromatic carbocycles. The van der Waals surface area contributed by atoms with Crippen LogP contribution in [-0.2, 0) is 17.8 Å². The van der Waals surface area contributed by atoms with E-state index in [1.54, 1.807) is 24.2 Å². The van der Waals surface area contributed by atoms with Crippen LogP contribution < -0.4 is 5.56 Å². The smallest absolute Gasteiger partial charge is 0.265 e. The fraction of sp³-hybridized carbons (Fsp3) is 0.500. The monoisotopic (exact) mass is 413 g/mol. The summed E-state index contributed by atoms with van der Waals surface area (Å²) in [4.78, 5) is 32.7. The zero-order chi connectivity index (χ0) is 21.3. The summed E-state index contributed by atoms with van der Waals surface area (Å²) in [6.45, 7) is 7.67. The number of hydrogen-bond acceptors (Lipinski definition) is 6. The average molecular weight is 413 g/mol. The van der Waals surface area contributed by atoms with Crippen LogP contribution in [0.25, 0.3) is 11.1 Å². The predicted molar refractivity (Wildman–Crippen MR) is 110 cm³/mol. The number of furan rings is 2. The molecule has 0 unspecified atom stereocenters. The number of fused-ring (bicyclic) bond motifs is 1. The third-order valence-electron chi connectivity index (χ3n) is 5.29. The normalized spacial score (nSPS) is 16.6. The number of rotatable bonds is 7. The number of nitrogens with zero attached hydrogens (tertiary/aromatic N) is 3. The minimum absolute atomic E-state index is 0.0295. The van der Waals surface area contributed by atoms with Crippen molar-refractivity contribution in [2.24, 2.45) is 5.92 Å². The summed E-state index contributed by atoms with van der Waals surface area (Å²) in [5, 5.41) is 0.234. The Morgan fingerprint density at radius 1 is 1.40 bits per heavy atom. The van der Waals surface area contributed by atoms with Gasteiger partial charge in [0.15, 0.2) is 0 Å². The van der Waals surface area contributed by atoms with Gasteiger partial charge in [-0.15, -0.1) is 0 Å². The van der Waals surface area contributed by atoms with E-state index in [1.165, 1.54) is 10.9 Å². The van der Waals surface area contributed by atoms with Gasteiger partial charge in [0.2, 0.25) is 5.71 Å². The van der Waals surface area contributed by atoms with Gasteiger partial charge < -0.3 is 18.5 Å². The topological polar surface area (TPSA) is 90.7 Å². The van der Waals surface area contributed by atoms with Gasteiger partial charge in [0.1, 0.15) is 23.2 Å². The van der Waals surface area contributed by atoms with Crippen molar-refractivity contribution in [3.05, 3.63) is 52.2 Å². The predicted octanol–water partition coefficient (Wildman–Crippen LogP) is 3.37. The first-order valence-corrected chi connectivity index (χ1v) is 10.4. The fourth-order valence-electron chi connectivity index (χ4n) is 3.92. The zero-order valence-electron chi connectivity index (χ0n) is 17.6. The Morgan fingerprint density at radius 3 is 2.90 bits per heavy atom. The summed E-state index contributed by atoms with van der Waals surface area (Å²) in [6.07, 6.45) is 4.91. The summed E-state index contributed by atoms with van der Waals surface area (Å²) >= 11 is 0. The molecular weight excluding hydrogens is 386 g/mol. The van der Waals surface area contributed by atoms with Gasteiger partial charge >= 0.3 is 0 Å². The molecule has 0 bridgehead atoms. The van der Waals surface area contributed by atoms with Gasteiger partial charge in [-0.1, -0.05) is 13.8 Å². The Morgan fingerprint density at radius 2 is 2.23 bits per heavy atom. The molecule has 160 valence electrons. The van der Waals surface area contributed by atoms with Gasteiger partial charge in [-0.05, 0) is 37.8 Å². The summed E-state index contributed by atoms with van der Waals surface area (Å²) in [7, 11) is 0. The lowest BCUT2D eigenvalue weighted by atomic mass is 10.1. The molecule has 0 saturated carbocycles. The molecule has 1 aliphatic heterocycles. The Labute approximate surface area is 174 Å². The van der Waals surface area contributed by atoms with Crippen molar-refractivity contribution in [3.63, 3.8) is 0 Å². The van der Waals surface area contributed by atoms with E-state index in [-0.39, 0.29) is 46.7 Å². The molecule has 1 saturated heterocycles. The molecule has 0 spiro atoms. The van der Waals surface area contributed by atoms with Gasteiger partial charge in [-0.3, -0.25) is 14.2 Å². The highest BCUT2D eigenvalue weighted by Gasteiger charge is 2.30. The van der Waals surface area contributed by atoms with Gasteiger partial charge in [0.05, 0.1) is 24.5 Å². The quantitative estimate of drug-likeness (QED) is 0.590. The van der Waals surface area contributed by atoms with Crippen LogP contribution in [0.15, 0.2) is 38.4 Å². The fourth-order valence-corrected chi connectivity index (χ4v) is 3.92. The Balaban J connectivity index is 1.74. The second-order valence-corrected chi connectivity index (χ2v) is 8.21. The zero-order valence-corrected chi connectivity index (χ0v) is 17.6. The van der Waals surface area contributed by atoms with Crippen molar-refractivity contribution < 1.29 is 18.4 Å². The van der Waals surface area contributed by atoms with Crippen LogP contribution in [0.2, 0.25) is 0 Å². The van der Waals surface area contributed by atoms with Crippen molar-refractivity contribution in [2.45, 2.75) is 52.8 Å². The number of amides is 1. The lowest BCUT2D eigenvalue weighted by Crippen LogP contribution is -2.37. The SMILES string of the molecule is Cc1oc2ncn(CC(C)C)c(=O)c2c1C(=O)N(Cc1ccco1)C[C@@H]1CCCO1. The first kappa shape index (κ1) is 20.4. The average Bonchev–Trinajstić information content (AvgIpc) is 3.44. The van der Waals surface area contributed by atoms with Crippen LogP contribution in [0.1, 0.15) is 48.6 Å². The Kier molecular flexibility index (Phi) is 5.76. The molecule has 4 rings (SSSR count). The lowest BCUT2D eigenvalue weighted by molar-refractivity contribution is 0.0491. The van der Waals surface area contributed by atoms with E-state index in [0.29, 0.717) is 31.2 Å². The first-order chi connectivity index (χ1) is 14.4. The summed E-state index contributed by atoms with van der Waals surface area (Å²) in [5.74, 6) is 1.05. The van der Waals surface area contributed by atoms with Crippen LogP contribution in [0, 0.1) is 12.8 Å². The molecular formula is C22H27N3O5. The van der Waals surface area contributed by atoms with Gasteiger partial charge in [0, 0.05) is 19.7 Å². The minimum atomic E-state index is -0.278. The van der Waals surface area contributed by atoms with E-state index in [4.69, 9.17) is 13.6 Å². The lowest BCUT2D eigenvalue weighted by Gasteiger charge is -2.24. The molecule has 0 radical (unpaired) electrons. The van der Waals surface area contributed by atoms with Gasteiger partial charge in [0.25, 0.3) is 11.5 Å². The molecule has 30 heavy (non-hydrogen) atoms. The molecule has 4 heterocycles. The van der Waals surface area contributed by atoms with Crippen molar-refractivity contribution in [1.82, 2.24) is 14.5 Å². The maximum Gasteiger partial charge on any atom is 0.265 e. The van der Waals surface area contributed by atoms with Gasteiger partial charge in [-0.25, -0.2) is 4.98 Å². The molecule has 0 N–H and O–H groups in total. The minimum Gasteiger partial charge on any atom is -0.467 e. The van der Waals surface area contributed by atoms with Crippen molar-refractivity contribution in [2.75, 3.05) is 13.2 Å². The van der Waals surface area contributed by atoms with Crippen LogP contribution in [0.3, 0.4) is 0 Å². The first-order valence-electron chi connectivity index (χ1n) is 10.4. The summed E-state index contributed by atoms with van der Waals surface area (Å²) < 4.78 is 18.4. The van der Waals surface area contributed by atoms with E-state index in [2.05, 4.69) is 4.98 Å². The number of ether oxygens (including phenoxy) is 1. The largest absolute Gasteiger partial charge is 0.467 e. The second-order valence-electron chi connectivity index (χ2n) is 8.21. The maximum absolute atomic E-state index is 13.6. The molecule has 8 heteroatoms. The van der Waals surface area contributed by atoms with E-state index in [1.807, 2.05) is 19.9 Å². The number of aryl methyl sites for hydroxylation is 1.